The lowest BCUT2D eigenvalue weighted by Gasteiger charge is -2.29. The van der Waals surface area contributed by atoms with Crippen molar-refractivity contribution in [2.45, 2.75) is 36.5 Å². The molecule has 0 spiro atoms. The average Bonchev–Trinajstić information content (AvgIpc) is 3.02. The predicted octanol–water partition coefficient (Wildman–Crippen LogP) is 5.29. The van der Waals surface area contributed by atoms with Gasteiger partial charge < -0.3 is 0 Å². The SMILES string of the molecule is c1ccc(SC[C@]23CCCC2c2ccccc2C3)cc1. The topological polar surface area (TPSA) is 0 Å². The number of thioether (sulfide) groups is 1. The van der Waals surface area contributed by atoms with Gasteiger partial charge in [-0.2, -0.15) is 0 Å². The maximum absolute atomic E-state index is 2.38. The van der Waals surface area contributed by atoms with Crippen LogP contribution < -0.4 is 0 Å². The number of fused-ring (bicyclic) bond motifs is 3. The largest absolute Gasteiger partial charge is 0.126 e. The van der Waals surface area contributed by atoms with E-state index in [0.717, 1.165) is 5.92 Å². The van der Waals surface area contributed by atoms with Crippen molar-refractivity contribution in [3.8, 4) is 0 Å². The summed E-state index contributed by atoms with van der Waals surface area (Å²) in [4.78, 5) is 1.42. The molecule has 102 valence electrons. The Balaban J connectivity index is 1.58. The summed E-state index contributed by atoms with van der Waals surface area (Å²) >= 11 is 2.06. The summed E-state index contributed by atoms with van der Waals surface area (Å²) in [6, 6.07) is 20.0. The van der Waals surface area contributed by atoms with Gasteiger partial charge in [0, 0.05) is 10.6 Å². The van der Waals surface area contributed by atoms with E-state index in [4.69, 9.17) is 0 Å². The molecule has 0 radical (unpaired) electrons. The molecule has 0 nitrogen and oxygen atoms in total. The third-order valence-electron chi connectivity index (χ3n) is 5.15. The highest BCUT2D eigenvalue weighted by Crippen LogP contribution is 2.58. The fourth-order valence-corrected chi connectivity index (χ4v) is 5.47. The minimum atomic E-state index is 0.532. The highest BCUT2D eigenvalue weighted by atomic mass is 32.2. The van der Waals surface area contributed by atoms with E-state index in [1.807, 2.05) is 0 Å². The highest BCUT2D eigenvalue weighted by molar-refractivity contribution is 7.99. The third-order valence-corrected chi connectivity index (χ3v) is 6.47. The van der Waals surface area contributed by atoms with Crippen LogP contribution in [0, 0.1) is 5.41 Å². The zero-order valence-electron chi connectivity index (χ0n) is 11.7. The van der Waals surface area contributed by atoms with Crippen molar-refractivity contribution in [2.24, 2.45) is 5.41 Å². The third kappa shape index (κ3) is 2.00. The molecular weight excluding hydrogens is 260 g/mol. The van der Waals surface area contributed by atoms with Gasteiger partial charge in [-0.1, -0.05) is 48.9 Å². The molecule has 0 saturated heterocycles. The summed E-state index contributed by atoms with van der Waals surface area (Å²) in [6.45, 7) is 0. The lowest BCUT2D eigenvalue weighted by Crippen LogP contribution is -2.23. The summed E-state index contributed by atoms with van der Waals surface area (Å²) in [5.41, 5.74) is 3.80. The molecule has 2 aromatic carbocycles. The highest BCUT2D eigenvalue weighted by Gasteiger charge is 2.48. The molecule has 1 fully saturated rings. The van der Waals surface area contributed by atoms with Gasteiger partial charge in [-0.05, 0) is 53.9 Å². The Morgan fingerprint density at radius 2 is 1.80 bits per heavy atom. The van der Waals surface area contributed by atoms with Gasteiger partial charge in [0.25, 0.3) is 0 Å². The zero-order chi connectivity index (χ0) is 13.4. The molecule has 0 aliphatic heterocycles. The summed E-state index contributed by atoms with van der Waals surface area (Å²) < 4.78 is 0. The molecule has 4 rings (SSSR count). The molecule has 2 aliphatic carbocycles. The van der Waals surface area contributed by atoms with Gasteiger partial charge >= 0.3 is 0 Å². The molecule has 1 heteroatoms. The average molecular weight is 280 g/mol. The van der Waals surface area contributed by atoms with E-state index in [0.29, 0.717) is 5.41 Å². The molecule has 20 heavy (non-hydrogen) atoms. The van der Waals surface area contributed by atoms with Crippen LogP contribution in [0.5, 0.6) is 0 Å². The Morgan fingerprint density at radius 3 is 2.70 bits per heavy atom. The number of benzene rings is 2. The quantitative estimate of drug-likeness (QED) is 0.688. The van der Waals surface area contributed by atoms with Gasteiger partial charge in [0.15, 0.2) is 0 Å². The molecule has 1 saturated carbocycles. The van der Waals surface area contributed by atoms with Crippen molar-refractivity contribution in [3.63, 3.8) is 0 Å². The van der Waals surface area contributed by atoms with Crippen molar-refractivity contribution >= 4 is 11.8 Å². The molecule has 2 aliphatic rings. The summed E-state index contributed by atoms with van der Waals surface area (Å²) in [5, 5.41) is 0. The predicted molar refractivity (Wildman–Crippen MR) is 86.3 cm³/mol. The van der Waals surface area contributed by atoms with E-state index < -0.39 is 0 Å². The van der Waals surface area contributed by atoms with Crippen molar-refractivity contribution in [1.29, 1.82) is 0 Å². The standard InChI is InChI=1S/C19H20S/c1-2-8-16(9-3-1)20-14-19-12-6-11-18(19)17-10-5-4-7-15(17)13-19/h1-5,7-10,18H,6,11-14H2/t18?,19-/m1/s1. The minimum absolute atomic E-state index is 0.532. The fourth-order valence-electron chi connectivity index (χ4n) is 4.22. The second-order valence-electron chi connectivity index (χ2n) is 6.28. The van der Waals surface area contributed by atoms with Crippen LogP contribution in [-0.2, 0) is 6.42 Å². The summed E-state index contributed by atoms with van der Waals surface area (Å²) in [7, 11) is 0. The van der Waals surface area contributed by atoms with E-state index in [-0.39, 0.29) is 0 Å². The van der Waals surface area contributed by atoms with Crippen LogP contribution in [0.15, 0.2) is 59.5 Å². The smallest absolute Gasteiger partial charge is 0.00721 e. The second kappa shape index (κ2) is 4.96. The maximum Gasteiger partial charge on any atom is 0.00721 e. The zero-order valence-corrected chi connectivity index (χ0v) is 12.5. The molecule has 0 heterocycles. The van der Waals surface area contributed by atoms with Crippen LogP contribution in [0.1, 0.15) is 36.3 Å². The lowest BCUT2D eigenvalue weighted by atomic mass is 9.80. The Bertz CT molecular complexity index is 604. The number of hydrogen-bond donors (Lipinski definition) is 0. The van der Waals surface area contributed by atoms with Crippen molar-refractivity contribution < 1.29 is 0 Å². The Labute approximate surface area is 125 Å². The molecule has 1 unspecified atom stereocenters. The van der Waals surface area contributed by atoms with Gasteiger partial charge in [-0.3, -0.25) is 0 Å². The molecule has 0 bridgehead atoms. The maximum atomic E-state index is 2.38. The van der Waals surface area contributed by atoms with Crippen LogP contribution >= 0.6 is 11.8 Å². The van der Waals surface area contributed by atoms with Gasteiger partial charge in [-0.25, -0.2) is 0 Å². The Hall–Kier alpha value is -1.21. The minimum Gasteiger partial charge on any atom is -0.126 e. The van der Waals surface area contributed by atoms with E-state index in [9.17, 15) is 0 Å². The fraction of sp³-hybridized carbons (Fsp3) is 0.368. The first-order valence-electron chi connectivity index (χ1n) is 7.63. The Morgan fingerprint density at radius 1 is 1.00 bits per heavy atom. The van der Waals surface area contributed by atoms with E-state index in [2.05, 4.69) is 66.4 Å². The first-order valence-corrected chi connectivity index (χ1v) is 8.62. The molecule has 0 aromatic heterocycles. The van der Waals surface area contributed by atoms with E-state index >= 15 is 0 Å². The summed E-state index contributed by atoms with van der Waals surface area (Å²) in [5.74, 6) is 2.09. The van der Waals surface area contributed by atoms with Gasteiger partial charge in [0.2, 0.25) is 0 Å². The molecule has 0 amide bonds. The lowest BCUT2D eigenvalue weighted by molar-refractivity contribution is 0.329. The number of rotatable bonds is 3. The molecule has 2 atom stereocenters. The molecular formula is C19H20S. The van der Waals surface area contributed by atoms with Gasteiger partial charge in [0.1, 0.15) is 0 Å². The van der Waals surface area contributed by atoms with Crippen molar-refractivity contribution in [2.75, 3.05) is 5.75 Å². The second-order valence-corrected chi connectivity index (χ2v) is 7.33. The first-order chi connectivity index (χ1) is 9.87. The van der Waals surface area contributed by atoms with Crippen molar-refractivity contribution in [1.82, 2.24) is 0 Å². The van der Waals surface area contributed by atoms with Gasteiger partial charge in [-0.15, -0.1) is 11.8 Å². The van der Waals surface area contributed by atoms with Crippen LogP contribution in [0.4, 0.5) is 0 Å². The monoisotopic (exact) mass is 280 g/mol. The van der Waals surface area contributed by atoms with Gasteiger partial charge in [0.05, 0.1) is 0 Å². The van der Waals surface area contributed by atoms with E-state index in [1.165, 1.54) is 36.3 Å². The van der Waals surface area contributed by atoms with Crippen LogP contribution in [0.2, 0.25) is 0 Å². The van der Waals surface area contributed by atoms with E-state index in [1.54, 1.807) is 11.1 Å². The summed E-state index contributed by atoms with van der Waals surface area (Å²) in [6.07, 6.45) is 5.51. The Kier molecular flexibility index (Phi) is 3.11. The number of hydrogen-bond acceptors (Lipinski definition) is 1. The molecule has 0 N–H and O–H groups in total. The molecule has 2 aromatic rings. The van der Waals surface area contributed by atoms with Crippen LogP contribution in [0.25, 0.3) is 0 Å². The first kappa shape index (κ1) is 12.5. The normalized spacial score (nSPS) is 27.3. The van der Waals surface area contributed by atoms with Crippen molar-refractivity contribution in [3.05, 3.63) is 65.7 Å². The van der Waals surface area contributed by atoms with Crippen LogP contribution in [-0.4, -0.2) is 5.75 Å². The van der Waals surface area contributed by atoms with Crippen LogP contribution in [0.3, 0.4) is 0 Å².